The van der Waals surface area contributed by atoms with Gasteiger partial charge in [-0.1, -0.05) is 37.0 Å². The van der Waals surface area contributed by atoms with E-state index >= 15 is 0 Å². The van der Waals surface area contributed by atoms with Crippen molar-refractivity contribution in [2.24, 2.45) is 35.0 Å². The maximum Gasteiger partial charge on any atom is 0.0660 e. The third kappa shape index (κ3) is 2.70. The molecule has 2 N–H and O–H groups in total. The Morgan fingerprint density at radius 3 is 2.60 bits per heavy atom. The Morgan fingerprint density at radius 1 is 1.20 bits per heavy atom. The molecule has 4 fully saturated rings. The van der Waals surface area contributed by atoms with Crippen molar-refractivity contribution in [3.05, 3.63) is 42.1 Å². The fourth-order valence-corrected chi connectivity index (χ4v) is 8.82. The first-order chi connectivity index (χ1) is 14.4. The topological polar surface area (TPSA) is 24.1 Å². The Hall–Kier alpha value is -1.35. The zero-order chi connectivity index (χ0) is 20.7. The van der Waals surface area contributed by atoms with E-state index in [-0.39, 0.29) is 5.54 Å². The monoisotopic (exact) mass is 420 g/mol. The summed E-state index contributed by atoms with van der Waals surface area (Å²) in [6.07, 6.45) is 9.82. The zero-order valence-corrected chi connectivity index (χ0v) is 19.4. The Morgan fingerprint density at radius 2 is 1.90 bits per heavy atom. The maximum atomic E-state index is 5.79. The molecule has 160 valence electrons. The van der Waals surface area contributed by atoms with Gasteiger partial charge in [-0.2, -0.15) is 0 Å². The maximum absolute atomic E-state index is 5.79. The molecule has 4 saturated carbocycles. The standard InChI is InChI=1S/C27H36N2S/c1-16(8-24-18-9-21-11-22-10-19(24)14-27(21,22)13-18)29-26(3,17(2)30)12-20-15-28-25-7-5-4-6-23(20)25/h4-7,18-22,24,28-29H,1,8-15H2,2-3H3/t18?,19?,20?,21?,22?,24?,26-,27?/m1/s1. The minimum atomic E-state index is -0.178. The van der Waals surface area contributed by atoms with Gasteiger partial charge in [0.15, 0.2) is 0 Å². The van der Waals surface area contributed by atoms with Crippen LogP contribution in [0.1, 0.15) is 70.3 Å². The number of thiocarbonyl (C=S) groups is 1. The number of hydrogen-bond acceptors (Lipinski definition) is 3. The summed E-state index contributed by atoms with van der Waals surface area (Å²) in [6, 6.07) is 8.74. The molecule has 1 aliphatic heterocycles. The van der Waals surface area contributed by atoms with E-state index in [1.807, 2.05) is 0 Å². The van der Waals surface area contributed by atoms with Crippen LogP contribution in [0.3, 0.4) is 0 Å². The number of benzene rings is 1. The number of para-hydroxylation sites is 1. The van der Waals surface area contributed by atoms with Crippen LogP contribution in [0.4, 0.5) is 5.69 Å². The zero-order valence-electron chi connectivity index (χ0n) is 18.5. The Bertz CT molecular complexity index is 882. The summed E-state index contributed by atoms with van der Waals surface area (Å²) in [5.41, 5.74) is 4.58. The number of anilines is 1. The lowest BCUT2D eigenvalue weighted by molar-refractivity contribution is -0.00168. The fourth-order valence-electron chi connectivity index (χ4n) is 8.68. The molecule has 0 amide bonds. The van der Waals surface area contributed by atoms with Crippen LogP contribution in [0.5, 0.6) is 0 Å². The Balaban J connectivity index is 1.15. The molecule has 0 saturated heterocycles. The molecule has 6 rings (SSSR count). The summed E-state index contributed by atoms with van der Waals surface area (Å²) in [6.45, 7) is 9.96. The quantitative estimate of drug-likeness (QED) is 0.506. The lowest BCUT2D eigenvalue weighted by Gasteiger charge is -2.49. The van der Waals surface area contributed by atoms with Crippen LogP contribution in [0.15, 0.2) is 36.5 Å². The van der Waals surface area contributed by atoms with E-state index < -0.39 is 0 Å². The molecule has 1 spiro atoms. The number of allylic oxidation sites excluding steroid dienone is 1. The fraction of sp³-hybridized carbons (Fsp3) is 0.667. The van der Waals surface area contributed by atoms with Crippen molar-refractivity contribution in [3.63, 3.8) is 0 Å². The van der Waals surface area contributed by atoms with Crippen molar-refractivity contribution < 1.29 is 0 Å². The minimum Gasteiger partial charge on any atom is -0.384 e. The molecule has 3 heteroatoms. The first-order valence-corrected chi connectivity index (χ1v) is 12.6. The molecule has 3 bridgehead atoms. The van der Waals surface area contributed by atoms with Crippen LogP contribution < -0.4 is 10.6 Å². The second-order valence-corrected chi connectivity index (χ2v) is 12.2. The van der Waals surface area contributed by atoms with Crippen LogP contribution >= 0.6 is 12.2 Å². The second-order valence-electron chi connectivity index (χ2n) is 11.6. The highest BCUT2D eigenvalue weighted by Gasteiger charge is 2.68. The van der Waals surface area contributed by atoms with Crippen molar-refractivity contribution in [1.29, 1.82) is 0 Å². The number of hydrogen-bond donors (Lipinski definition) is 2. The van der Waals surface area contributed by atoms with Gasteiger partial charge in [-0.25, -0.2) is 0 Å². The molecule has 0 radical (unpaired) electrons. The predicted molar refractivity (Wildman–Crippen MR) is 129 cm³/mol. The van der Waals surface area contributed by atoms with Gasteiger partial charge in [0.25, 0.3) is 0 Å². The van der Waals surface area contributed by atoms with Gasteiger partial charge in [-0.05, 0) is 105 Å². The molecule has 30 heavy (non-hydrogen) atoms. The summed E-state index contributed by atoms with van der Waals surface area (Å²) in [7, 11) is 0. The van der Waals surface area contributed by atoms with Crippen molar-refractivity contribution in [3.8, 4) is 0 Å². The normalized spacial score (nSPS) is 41.4. The summed E-state index contributed by atoms with van der Waals surface area (Å²) >= 11 is 5.79. The predicted octanol–water partition coefficient (Wildman–Crippen LogP) is 6.30. The first-order valence-electron chi connectivity index (χ1n) is 12.2. The Labute approximate surface area is 187 Å². The van der Waals surface area contributed by atoms with Crippen molar-refractivity contribution in [2.45, 2.75) is 70.3 Å². The highest BCUT2D eigenvalue weighted by molar-refractivity contribution is 7.80. The highest BCUT2D eigenvalue weighted by atomic mass is 32.1. The van der Waals surface area contributed by atoms with E-state index in [9.17, 15) is 0 Å². The third-order valence-corrected chi connectivity index (χ3v) is 10.6. The molecule has 1 aromatic rings. The molecule has 2 nitrogen and oxygen atoms in total. The van der Waals surface area contributed by atoms with Crippen LogP contribution in [0.25, 0.3) is 0 Å². The van der Waals surface area contributed by atoms with Gasteiger partial charge in [-0.15, -0.1) is 0 Å². The number of rotatable bonds is 7. The van der Waals surface area contributed by atoms with Crippen LogP contribution in [0.2, 0.25) is 0 Å². The molecule has 0 aromatic heterocycles. The molecule has 4 aliphatic carbocycles. The van der Waals surface area contributed by atoms with Crippen molar-refractivity contribution in [2.75, 3.05) is 11.9 Å². The van der Waals surface area contributed by atoms with Gasteiger partial charge < -0.3 is 10.6 Å². The van der Waals surface area contributed by atoms with E-state index in [0.29, 0.717) is 5.92 Å². The third-order valence-electron chi connectivity index (χ3n) is 10.2. The molecular formula is C27H36N2S. The summed E-state index contributed by atoms with van der Waals surface area (Å²) in [5.74, 6) is 5.43. The average Bonchev–Trinajstić information content (AvgIpc) is 3.29. The van der Waals surface area contributed by atoms with Crippen molar-refractivity contribution in [1.82, 2.24) is 5.32 Å². The highest BCUT2D eigenvalue weighted by Crippen LogP contribution is 2.77. The van der Waals surface area contributed by atoms with Gasteiger partial charge in [0, 0.05) is 28.7 Å². The molecular weight excluding hydrogens is 384 g/mol. The van der Waals surface area contributed by atoms with Gasteiger partial charge in [0.1, 0.15) is 0 Å². The van der Waals surface area contributed by atoms with E-state index in [4.69, 9.17) is 12.2 Å². The first kappa shape index (κ1) is 19.3. The summed E-state index contributed by atoms with van der Waals surface area (Å²) < 4.78 is 0. The molecule has 1 heterocycles. The van der Waals surface area contributed by atoms with E-state index in [2.05, 4.69) is 55.3 Å². The van der Waals surface area contributed by atoms with Crippen molar-refractivity contribution >= 4 is 22.8 Å². The molecule has 5 aliphatic rings. The van der Waals surface area contributed by atoms with E-state index in [1.165, 1.54) is 42.6 Å². The van der Waals surface area contributed by atoms with Gasteiger partial charge in [0.05, 0.1) is 5.54 Å². The SMILES string of the molecule is C=C(CC1C2CC3CC4CC1CC34C2)N[C@](C)(CC1CNc2ccccc21)C(C)=S. The van der Waals surface area contributed by atoms with Gasteiger partial charge >= 0.3 is 0 Å². The molecule has 1 aromatic carbocycles. The average molecular weight is 421 g/mol. The number of nitrogens with one attached hydrogen (secondary N) is 2. The number of fused-ring (bicyclic) bond motifs is 3. The van der Waals surface area contributed by atoms with Crippen LogP contribution in [-0.4, -0.2) is 16.9 Å². The lowest BCUT2D eigenvalue weighted by Crippen LogP contribution is -2.48. The van der Waals surface area contributed by atoms with E-state index in [1.54, 1.807) is 6.42 Å². The smallest absolute Gasteiger partial charge is 0.0660 e. The largest absolute Gasteiger partial charge is 0.384 e. The Kier molecular flexibility index (Phi) is 4.24. The van der Waals surface area contributed by atoms with Crippen LogP contribution in [-0.2, 0) is 0 Å². The minimum absolute atomic E-state index is 0.178. The van der Waals surface area contributed by atoms with Gasteiger partial charge in [0.2, 0.25) is 0 Å². The lowest BCUT2D eigenvalue weighted by atomic mass is 9.56. The summed E-state index contributed by atoms with van der Waals surface area (Å²) in [5, 5.41) is 7.45. The van der Waals surface area contributed by atoms with Gasteiger partial charge in [-0.3, -0.25) is 0 Å². The van der Waals surface area contributed by atoms with Crippen LogP contribution in [0, 0.1) is 35.0 Å². The summed E-state index contributed by atoms with van der Waals surface area (Å²) in [4.78, 5) is 1.05. The van der Waals surface area contributed by atoms with E-state index in [0.717, 1.165) is 59.3 Å². The second kappa shape index (κ2) is 6.58. The molecule has 5 unspecified atom stereocenters. The molecule has 6 atom stereocenters.